The molecule has 19 heavy (non-hydrogen) atoms. The summed E-state index contributed by atoms with van der Waals surface area (Å²) < 4.78 is 10.4. The highest BCUT2D eigenvalue weighted by atomic mass is 16.5. The molecular formula is C15H19NO3. The second-order valence-electron chi connectivity index (χ2n) is 4.58. The molecule has 2 rings (SSSR count). The average Bonchev–Trinajstić information content (AvgIpc) is 2.91. The van der Waals surface area contributed by atoms with Gasteiger partial charge in [-0.2, -0.15) is 0 Å². The molecule has 0 fully saturated rings. The van der Waals surface area contributed by atoms with Gasteiger partial charge in [-0.3, -0.25) is 4.79 Å². The second-order valence-corrected chi connectivity index (χ2v) is 4.58. The van der Waals surface area contributed by atoms with E-state index in [0.717, 1.165) is 12.8 Å². The Balaban J connectivity index is 2.04. The molecule has 1 aromatic rings. The van der Waals surface area contributed by atoms with Crippen LogP contribution in [-0.4, -0.2) is 20.1 Å². The summed E-state index contributed by atoms with van der Waals surface area (Å²) in [5.41, 5.74) is 0.647. The number of rotatable bonds is 5. The number of nitrogens with one attached hydrogen (secondary N) is 1. The molecule has 1 aromatic carbocycles. The topological polar surface area (TPSA) is 47.6 Å². The number of carbonyl (C=O) groups is 1. The smallest absolute Gasteiger partial charge is 0.225 e. The standard InChI is InChI=1S/C15H19NO3/c1-18-12-7-8-14(19-2)13(10-12)16-15(17)9-11-5-3-4-6-11/h3,5,7-8,10-11H,4,6,9H2,1-2H3,(H,16,17)/t11-/m1/s1. The predicted molar refractivity (Wildman–Crippen MR) is 74.7 cm³/mol. The minimum Gasteiger partial charge on any atom is -0.497 e. The van der Waals surface area contributed by atoms with E-state index < -0.39 is 0 Å². The maximum absolute atomic E-state index is 12.0. The van der Waals surface area contributed by atoms with Crippen LogP contribution < -0.4 is 14.8 Å². The highest BCUT2D eigenvalue weighted by Crippen LogP contribution is 2.29. The molecule has 0 unspecified atom stereocenters. The van der Waals surface area contributed by atoms with Crippen molar-refractivity contribution in [2.45, 2.75) is 19.3 Å². The summed E-state index contributed by atoms with van der Waals surface area (Å²) >= 11 is 0. The molecule has 0 heterocycles. The van der Waals surface area contributed by atoms with E-state index in [1.165, 1.54) is 0 Å². The first-order chi connectivity index (χ1) is 9.22. The minimum atomic E-state index is 0.00287. The Morgan fingerprint density at radius 3 is 2.84 bits per heavy atom. The Labute approximate surface area is 113 Å². The van der Waals surface area contributed by atoms with E-state index in [2.05, 4.69) is 17.5 Å². The lowest BCUT2D eigenvalue weighted by atomic mass is 10.1. The number of allylic oxidation sites excluding steroid dienone is 2. The number of ether oxygens (including phenoxy) is 2. The summed E-state index contributed by atoms with van der Waals surface area (Å²) in [5, 5.41) is 2.89. The molecule has 1 atom stereocenters. The SMILES string of the molecule is COc1ccc(OC)c(NC(=O)C[C@@H]2C=CCC2)c1. The number of benzene rings is 1. The fourth-order valence-corrected chi connectivity index (χ4v) is 2.22. The molecule has 0 spiro atoms. The van der Waals surface area contributed by atoms with Gasteiger partial charge < -0.3 is 14.8 Å². The molecule has 4 nitrogen and oxygen atoms in total. The highest BCUT2D eigenvalue weighted by Gasteiger charge is 2.15. The fourth-order valence-electron chi connectivity index (χ4n) is 2.22. The molecule has 4 heteroatoms. The molecular weight excluding hydrogens is 242 g/mol. The highest BCUT2D eigenvalue weighted by molar-refractivity contribution is 5.92. The summed E-state index contributed by atoms with van der Waals surface area (Å²) in [6.45, 7) is 0. The van der Waals surface area contributed by atoms with Crippen molar-refractivity contribution in [1.29, 1.82) is 0 Å². The maximum atomic E-state index is 12.0. The molecule has 1 aliphatic carbocycles. The number of hydrogen-bond donors (Lipinski definition) is 1. The van der Waals surface area contributed by atoms with Gasteiger partial charge in [-0.1, -0.05) is 12.2 Å². The zero-order valence-electron chi connectivity index (χ0n) is 11.3. The lowest BCUT2D eigenvalue weighted by Gasteiger charge is -2.13. The van der Waals surface area contributed by atoms with E-state index in [0.29, 0.717) is 29.5 Å². The Hall–Kier alpha value is -1.97. The molecule has 0 aromatic heterocycles. The van der Waals surface area contributed by atoms with Gasteiger partial charge in [-0.15, -0.1) is 0 Å². The Bertz CT molecular complexity index is 482. The van der Waals surface area contributed by atoms with Crippen LogP contribution in [0.1, 0.15) is 19.3 Å². The van der Waals surface area contributed by atoms with Gasteiger partial charge in [0, 0.05) is 12.5 Å². The lowest BCUT2D eigenvalue weighted by Crippen LogP contribution is -2.15. The van der Waals surface area contributed by atoms with Crippen LogP contribution >= 0.6 is 0 Å². The van der Waals surface area contributed by atoms with E-state index in [-0.39, 0.29) is 5.91 Å². The van der Waals surface area contributed by atoms with E-state index in [4.69, 9.17) is 9.47 Å². The third kappa shape index (κ3) is 3.50. The summed E-state index contributed by atoms with van der Waals surface area (Å²) in [7, 11) is 3.17. The van der Waals surface area contributed by atoms with Gasteiger partial charge in [0.2, 0.25) is 5.91 Å². The first kappa shape index (κ1) is 13.5. The normalized spacial score (nSPS) is 17.3. The molecule has 1 aliphatic rings. The van der Waals surface area contributed by atoms with Gasteiger partial charge in [0.05, 0.1) is 19.9 Å². The molecule has 0 saturated carbocycles. The first-order valence-electron chi connectivity index (χ1n) is 6.41. The maximum Gasteiger partial charge on any atom is 0.225 e. The van der Waals surface area contributed by atoms with Crippen molar-refractivity contribution in [2.75, 3.05) is 19.5 Å². The lowest BCUT2D eigenvalue weighted by molar-refractivity contribution is -0.116. The summed E-state index contributed by atoms with van der Waals surface area (Å²) in [4.78, 5) is 12.0. The Morgan fingerprint density at radius 2 is 2.21 bits per heavy atom. The van der Waals surface area contributed by atoms with Crippen molar-refractivity contribution in [3.05, 3.63) is 30.4 Å². The van der Waals surface area contributed by atoms with Crippen molar-refractivity contribution in [1.82, 2.24) is 0 Å². The number of amides is 1. The van der Waals surface area contributed by atoms with Crippen molar-refractivity contribution in [3.63, 3.8) is 0 Å². The molecule has 1 amide bonds. The molecule has 0 radical (unpaired) electrons. The largest absolute Gasteiger partial charge is 0.497 e. The molecule has 0 bridgehead atoms. The summed E-state index contributed by atoms with van der Waals surface area (Å²) in [5.74, 6) is 1.69. The fraction of sp³-hybridized carbons (Fsp3) is 0.400. The predicted octanol–water partition coefficient (Wildman–Crippen LogP) is 3.00. The van der Waals surface area contributed by atoms with Gasteiger partial charge >= 0.3 is 0 Å². The first-order valence-corrected chi connectivity index (χ1v) is 6.41. The number of anilines is 1. The third-order valence-electron chi connectivity index (χ3n) is 3.24. The summed E-state index contributed by atoms with van der Waals surface area (Å²) in [6, 6.07) is 5.35. The molecule has 102 valence electrons. The van der Waals surface area contributed by atoms with Gasteiger partial charge in [0.15, 0.2) is 0 Å². The Kier molecular flexibility index (Phi) is 4.44. The second kappa shape index (κ2) is 6.27. The van der Waals surface area contributed by atoms with Crippen LogP contribution in [0.25, 0.3) is 0 Å². The summed E-state index contributed by atoms with van der Waals surface area (Å²) in [6.07, 6.45) is 6.88. The minimum absolute atomic E-state index is 0.00287. The van der Waals surface area contributed by atoms with Crippen molar-refractivity contribution in [3.8, 4) is 11.5 Å². The number of hydrogen-bond acceptors (Lipinski definition) is 3. The van der Waals surface area contributed by atoms with E-state index in [9.17, 15) is 4.79 Å². The van der Waals surface area contributed by atoms with E-state index in [1.54, 1.807) is 32.4 Å². The monoisotopic (exact) mass is 261 g/mol. The Morgan fingerprint density at radius 1 is 1.37 bits per heavy atom. The van der Waals surface area contributed by atoms with Gasteiger partial charge in [0.1, 0.15) is 11.5 Å². The van der Waals surface area contributed by atoms with Gasteiger partial charge in [-0.05, 0) is 30.9 Å². The third-order valence-corrected chi connectivity index (χ3v) is 3.24. The van der Waals surface area contributed by atoms with Crippen LogP contribution in [0, 0.1) is 5.92 Å². The van der Waals surface area contributed by atoms with Crippen LogP contribution in [0.15, 0.2) is 30.4 Å². The molecule has 0 aliphatic heterocycles. The van der Waals surface area contributed by atoms with E-state index in [1.807, 2.05) is 0 Å². The van der Waals surface area contributed by atoms with Crippen molar-refractivity contribution < 1.29 is 14.3 Å². The van der Waals surface area contributed by atoms with Crippen LogP contribution in [-0.2, 0) is 4.79 Å². The number of carbonyl (C=O) groups excluding carboxylic acids is 1. The van der Waals surface area contributed by atoms with Crippen molar-refractivity contribution >= 4 is 11.6 Å². The van der Waals surface area contributed by atoms with Gasteiger partial charge in [-0.25, -0.2) is 0 Å². The molecule has 0 saturated heterocycles. The van der Waals surface area contributed by atoms with Gasteiger partial charge in [0.25, 0.3) is 0 Å². The zero-order valence-corrected chi connectivity index (χ0v) is 11.3. The van der Waals surface area contributed by atoms with Crippen molar-refractivity contribution in [2.24, 2.45) is 5.92 Å². The van der Waals surface area contributed by atoms with Crippen LogP contribution in [0.5, 0.6) is 11.5 Å². The number of methoxy groups -OCH3 is 2. The van der Waals surface area contributed by atoms with Crippen LogP contribution in [0.3, 0.4) is 0 Å². The average molecular weight is 261 g/mol. The molecule has 1 N–H and O–H groups in total. The van der Waals surface area contributed by atoms with Crippen LogP contribution in [0.4, 0.5) is 5.69 Å². The van der Waals surface area contributed by atoms with E-state index >= 15 is 0 Å². The quantitative estimate of drug-likeness (QED) is 0.829. The zero-order chi connectivity index (χ0) is 13.7. The van der Waals surface area contributed by atoms with Crippen LogP contribution in [0.2, 0.25) is 0 Å².